The summed E-state index contributed by atoms with van der Waals surface area (Å²) in [5, 5.41) is 1.81. The Morgan fingerprint density at radius 1 is 0.767 bits per heavy atom. The van der Waals surface area contributed by atoms with Crippen LogP contribution in [0.15, 0.2) is 66.7 Å². The molecule has 0 radical (unpaired) electrons. The van der Waals surface area contributed by atoms with Crippen LogP contribution in [0.1, 0.15) is 60.9 Å². The molecular formula is C27H31NO2. The Morgan fingerprint density at radius 3 is 2.00 bits per heavy atom. The first-order chi connectivity index (χ1) is 14.3. The summed E-state index contributed by atoms with van der Waals surface area (Å²) in [6.45, 7) is 10.0. The van der Waals surface area contributed by atoms with Gasteiger partial charge in [-0.2, -0.15) is 0 Å². The van der Waals surface area contributed by atoms with Gasteiger partial charge >= 0.3 is 0 Å². The molecule has 3 heteroatoms. The molecule has 0 N–H and O–H groups in total. The second kappa shape index (κ2) is 9.25. The average molecular weight is 402 g/mol. The fraction of sp³-hybridized carbons (Fsp3) is 0.333. The number of ketones is 1. The third-order valence-corrected chi connectivity index (χ3v) is 5.59. The van der Waals surface area contributed by atoms with Gasteiger partial charge in [-0.3, -0.25) is 9.59 Å². The van der Waals surface area contributed by atoms with Gasteiger partial charge in [-0.1, -0.05) is 67.6 Å². The zero-order chi connectivity index (χ0) is 21.8. The van der Waals surface area contributed by atoms with Crippen LogP contribution in [0.3, 0.4) is 0 Å². The number of Topliss-reactive ketones (excluding diaryl/α,β-unsaturated/α-hetero) is 1. The van der Waals surface area contributed by atoms with Crippen molar-refractivity contribution in [2.24, 2.45) is 5.92 Å². The van der Waals surface area contributed by atoms with Gasteiger partial charge in [0.2, 0.25) is 0 Å². The molecule has 0 aliphatic rings. The second-order valence-electron chi connectivity index (χ2n) is 8.56. The highest BCUT2D eigenvalue weighted by atomic mass is 16.2. The monoisotopic (exact) mass is 401 g/mol. The van der Waals surface area contributed by atoms with E-state index in [4.69, 9.17) is 0 Å². The third kappa shape index (κ3) is 4.46. The summed E-state index contributed by atoms with van der Waals surface area (Å²) in [5.74, 6) is -0.279. The van der Waals surface area contributed by atoms with Gasteiger partial charge in [0.25, 0.3) is 5.91 Å². The van der Waals surface area contributed by atoms with E-state index < -0.39 is 0 Å². The lowest BCUT2D eigenvalue weighted by Gasteiger charge is -2.32. The Labute approximate surface area is 179 Å². The molecule has 0 unspecified atom stereocenters. The van der Waals surface area contributed by atoms with Crippen LogP contribution in [0.4, 0.5) is 0 Å². The molecule has 1 amide bonds. The zero-order valence-corrected chi connectivity index (χ0v) is 18.6. The van der Waals surface area contributed by atoms with Gasteiger partial charge < -0.3 is 4.90 Å². The third-order valence-electron chi connectivity index (χ3n) is 5.59. The summed E-state index contributed by atoms with van der Waals surface area (Å²) in [6, 6.07) is 21.7. The van der Waals surface area contributed by atoms with E-state index >= 15 is 0 Å². The number of hydrogen-bond acceptors (Lipinski definition) is 2. The van der Waals surface area contributed by atoms with Crippen molar-refractivity contribution in [3.63, 3.8) is 0 Å². The summed E-state index contributed by atoms with van der Waals surface area (Å²) < 4.78 is 0. The molecule has 3 aromatic carbocycles. The first-order valence-electron chi connectivity index (χ1n) is 10.7. The van der Waals surface area contributed by atoms with Gasteiger partial charge in [-0.25, -0.2) is 0 Å². The number of rotatable bonds is 7. The minimum Gasteiger partial charge on any atom is -0.334 e. The molecule has 0 aliphatic carbocycles. The first-order valence-corrected chi connectivity index (χ1v) is 10.7. The van der Waals surface area contributed by atoms with Crippen LogP contribution in [0, 0.1) is 5.92 Å². The predicted molar refractivity (Wildman–Crippen MR) is 124 cm³/mol. The zero-order valence-electron chi connectivity index (χ0n) is 18.6. The summed E-state index contributed by atoms with van der Waals surface area (Å²) >= 11 is 0. The van der Waals surface area contributed by atoms with E-state index in [0.717, 1.165) is 16.3 Å². The van der Waals surface area contributed by atoms with E-state index in [9.17, 15) is 9.59 Å². The van der Waals surface area contributed by atoms with Crippen molar-refractivity contribution in [2.75, 3.05) is 0 Å². The molecule has 0 fully saturated rings. The minimum absolute atomic E-state index is 0.0143. The average Bonchev–Trinajstić information content (AvgIpc) is 2.72. The van der Waals surface area contributed by atoms with E-state index in [2.05, 4.69) is 0 Å². The normalized spacial score (nSPS) is 12.4. The second-order valence-corrected chi connectivity index (χ2v) is 8.56. The number of hydrogen-bond donors (Lipinski definition) is 0. The minimum atomic E-state index is -0.216. The summed E-state index contributed by atoms with van der Waals surface area (Å²) in [6.07, 6.45) is 0.651. The predicted octanol–water partition coefficient (Wildman–Crippen LogP) is 6.16. The molecule has 0 saturated carbocycles. The highest BCUT2D eigenvalue weighted by molar-refractivity contribution is 6.16. The molecule has 3 nitrogen and oxygen atoms in total. The highest BCUT2D eigenvalue weighted by Gasteiger charge is 2.29. The maximum absolute atomic E-state index is 13.7. The Balaban J connectivity index is 2.09. The molecule has 0 saturated heterocycles. The topological polar surface area (TPSA) is 37.4 Å². The van der Waals surface area contributed by atoms with Crippen LogP contribution < -0.4 is 0 Å². The number of nitrogens with zero attached hydrogens (tertiary/aromatic N) is 1. The van der Waals surface area contributed by atoms with Gasteiger partial charge in [0, 0.05) is 23.6 Å². The lowest BCUT2D eigenvalue weighted by Crippen LogP contribution is -2.42. The van der Waals surface area contributed by atoms with Crippen molar-refractivity contribution in [1.82, 2.24) is 4.90 Å². The maximum Gasteiger partial charge on any atom is 0.255 e. The smallest absolute Gasteiger partial charge is 0.255 e. The van der Waals surface area contributed by atoms with Crippen molar-refractivity contribution in [1.29, 1.82) is 0 Å². The summed E-state index contributed by atoms with van der Waals surface area (Å²) in [7, 11) is 0. The lowest BCUT2D eigenvalue weighted by atomic mass is 9.87. The molecule has 156 valence electrons. The van der Waals surface area contributed by atoms with Gasteiger partial charge in [-0.05, 0) is 56.5 Å². The standard InChI is InChI=1S/C27H31NO2/c1-18(2)28(19(3)4)27(30)25-23-14-10-9-13-22(23)15-16-24(25)26(29)20(5)17-21-11-7-6-8-12-21/h6-16,18-20H,17H2,1-5H3/t20-/m0/s1. The van der Waals surface area contributed by atoms with Crippen LogP contribution in [-0.2, 0) is 6.42 Å². The Hall–Kier alpha value is -2.94. The van der Waals surface area contributed by atoms with Gasteiger partial charge in [0.1, 0.15) is 0 Å². The van der Waals surface area contributed by atoms with Crippen LogP contribution in [-0.4, -0.2) is 28.7 Å². The van der Waals surface area contributed by atoms with Gasteiger partial charge in [-0.15, -0.1) is 0 Å². The highest BCUT2D eigenvalue weighted by Crippen LogP contribution is 2.28. The molecule has 0 heterocycles. The van der Waals surface area contributed by atoms with Crippen LogP contribution in [0.5, 0.6) is 0 Å². The number of carbonyl (C=O) groups excluding carboxylic acids is 2. The molecule has 0 spiro atoms. The molecule has 1 atom stereocenters. The van der Waals surface area contributed by atoms with Crippen LogP contribution in [0.2, 0.25) is 0 Å². The molecule has 30 heavy (non-hydrogen) atoms. The largest absolute Gasteiger partial charge is 0.334 e. The lowest BCUT2D eigenvalue weighted by molar-refractivity contribution is 0.0641. The Bertz CT molecular complexity index is 1030. The van der Waals surface area contributed by atoms with E-state index in [1.165, 1.54) is 0 Å². The molecule has 0 aliphatic heterocycles. The van der Waals surface area contributed by atoms with Crippen molar-refractivity contribution in [2.45, 2.75) is 53.1 Å². The summed E-state index contributed by atoms with van der Waals surface area (Å²) in [4.78, 5) is 29.1. The van der Waals surface area contributed by atoms with Crippen molar-refractivity contribution in [3.8, 4) is 0 Å². The Kier molecular flexibility index (Phi) is 6.71. The fourth-order valence-electron chi connectivity index (χ4n) is 4.23. The molecule has 0 aromatic heterocycles. The van der Waals surface area contributed by atoms with Crippen molar-refractivity contribution >= 4 is 22.5 Å². The number of benzene rings is 3. The van der Waals surface area contributed by atoms with E-state index in [1.54, 1.807) is 0 Å². The first kappa shape index (κ1) is 21.8. The van der Waals surface area contributed by atoms with Crippen molar-refractivity contribution in [3.05, 3.63) is 83.4 Å². The molecule has 0 bridgehead atoms. The molecular weight excluding hydrogens is 370 g/mol. The number of fused-ring (bicyclic) bond motifs is 1. The van der Waals surface area contributed by atoms with Gasteiger partial charge in [0.15, 0.2) is 5.78 Å². The Morgan fingerprint density at radius 2 is 1.37 bits per heavy atom. The number of carbonyl (C=O) groups is 2. The van der Waals surface area contributed by atoms with Crippen molar-refractivity contribution < 1.29 is 9.59 Å². The maximum atomic E-state index is 13.7. The quantitative estimate of drug-likeness (QED) is 0.445. The molecule has 3 rings (SSSR count). The molecule has 3 aromatic rings. The van der Waals surface area contributed by atoms with E-state index in [-0.39, 0.29) is 29.7 Å². The van der Waals surface area contributed by atoms with E-state index in [1.807, 2.05) is 106 Å². The summed E-state index contributed by atoms with van der Waals surface area (Å²) in [5.41, 5.74) is 2.17. The number of amides is 1. The van der Waals surface area contributed by atoms with Gasteiger partial charge in [0.05, 0.1) is 5.56 Å². The van der Waals surface area contributed by atoms with Crippen LogP contribution in [0.25, 0.3) is 10.8 Å². The van der Waals surface area contributed by atoms with E-state index in [0.29, 0.717) is 17.5 Å². The fourth-order valence-corrected chi connectivity index (χ4v) is 4.23. The van der Waals surface area contributed by atoms with Crippen LogP contribution >= 0.6 is 0 Å². The SMILES string of the molecule is CC(C)N(C(=O)c1c(C(=O)[C@@H](C)Cc2ccccc2)ccc2ccccc12)C(C)C.